The first kappa shape index (κ1) is 17.0. The molecule has 121 valence electrons. The zero-order valence-electron chi connectivity index (χ0n) is 12.6. The van der Waals surface area contributed by atoms with Gasteiger partial charge in [0.05, 0.1) is 11.6 Å². The summed E-state index contributed by atoms with van der Waals surface area (Å²) >= 11 is 5.82. The lowest BCUT2D eigenvalue weighted by atomic mass is 9.80. The lowest BCUT2D eigenvalue weighted by Crippen LogP contribution is -2.54. The maximum absolute atomic E-state index is 13.3. The van der Waals surface area contributed by atoms with Crippen LogP contribution < -0.4 is 10.6 Å². The van der Waals surface area contributed by atoms with Crippen LogP contribution in [0.5, 0.6) is 0 Å². The van der Waals surface area contributed by atoms with Crippen molar-refractivity contribution in [2.75, 3.05) is 25.6 Å². The van der Waals surface area contributed by atoms with E-state index in [1.165, 1.54) is 12.1 Å². The maximum Gasteiger partial charge on any atom is 0.245 e. The van der Waals surface area contributed by atoms with Crippen LogP contribution in [0.3, 0.4) is 0 Å². The maximum atomic E-state index is 13.3. The number of halogens is 2. The fourth-order valence-electron chi connectivity index (χ4n) is 2.66. The monoisotopic (exact) mass is 327 g/mol. The molecule has 0 aliphatic heterocycles. The number of nitrogens with one attached hydrogen (secondary N) is 2. The number of methoxy groups -OCH3 is 1. The second-order valence-corrected chi connectivity index (χ2v) is 5.88. The zero-order chi connectivity index (χ0) is 16.0. The Morgan fingerprint density at radius 2 is 2.32 bits per heavy atom. The number of anilines is 1. The van der Waals surface area contributed by atoms with Crippen molar-refractivity contribution in [3.05, 3.63) is 35.5 Å². The van der Waals surface area contributed by atoms with E-state index >= 15 is 0 Å². The zero-order valence-corrected chi connectivity index (χ0v) is 13.4. The molecule has 1 fully saturated rings. The molecule has 2 rings (SSSR count). The highest BCUT2D eigenvalue weighted by Gasteiger charge is 2.39. The molecule has 1 aromatic rings. The van der Waals surface area contributed by atoms with Gasteiger partial charge in [-0.2, -0.15) is 0 Å². The number of rotatable bonds is 6. The van der Waals surface area contributed by atoms with Crippen molar-refractivity contribution >= 4 is 23.2 Å². The van der Waals surface area contributed by atoms with Gasteiger partial charge in [-0.1, -0.05) is 18.0 Å². The summed E-state index contributed by atoms with van der Waals surface area (Å²) in [5, 5.41) is 6.18. The van der Waals surface area contributed by atoms with Crippen molar-refractivity contribution < 1.29 is 13.9 Å². The van der Waals surface area contributed by atoms with Gasteiger partial charge in [0.15, 0.2) is 0 Å². The molecule has 1 unspecified atom stereocenters. The molecule has 2 N–H and O–H groups in total. The van der Waals surface area contributed by atoms with Crippen molar-refractivity contribution in [3.8, 4) is 0 Å². The first-order valence-electron chi connectivity index (χ1n) is 7.39. The van der Waals surface area contributed by atoms with Crippen LogP contribution in [0, 0.1) is 12.2 Å². The van der Waals surface area contributed by atoms with Crippen LogP contribution >= 0.6 is 11.6 Å². The van der Waals surface area contributed by atoms with Gasteiger partial charge in [-0.15, -0.1) is 0 Å². The number of carbonyl (C=O) groups excluding carboxylic acids is 1. The third-order valence-corrected chi connectivity index (χ3v) is 4.12. The summed E-state index contributed by atoms with van der Waals surface area (Å²) in [6.45, 7) is 0.927. The van der Waals surface area contributed by atoms with Gasteiger partial charge in [-0.3, -0.25) is 4.79 Å². The van der Waals surface area contributed by atoms with E-state index in [0.29, 0.717) is 25.3 Å². The van der Waals surface area contributed by atoms with Crippen LogP contribution in [-0.2, 0) is 9.53 Å². The molecule has 1 atom stereocenters. The van der Waals surface area contributed by atoms with E-state index < -0.39 is 11.4 Å². The standard InChI is InChI=1S/C16H21ClFN2O2/c1-22-10-9-19-15(21)16(7-3-2-4-8-16)20-12-5-6-14(18)13(17)11-12/h3,5-6,11,20H,2,4,7-10H2,1H3,(H,19,21). The molecule has 6 heteroatoms. The van der Waals surface area contributed by atoms with E-state index in [9.17, 15) is 9.18 Å². The Hall–Kier alpha value is -1.33. The largest absolute Gasteiger partial charge is 0.383 e. The topological polar surface area (TPSA) is 50.4 Å². The first-order valence-corrected chi connectivity index (χ1v) is 7.77. The smallest absolute Gasteiger partial charge is 0.245 e. The van der Waals surface area contributed by atoms with Gasteiger partial charge in [0.25, 0.3) is 0 Å². The number of hydrogen-bond donors (Lipinski definition) is 2. The minimum Gasteiger partial charge on any atom is -0.383 e. The summed E-state index contributed by atoms with van der Waals surface area (Å²) < 4.78 is 18.2. The van der Waals surface area contributed by atoms with Crippen LogP contribution in [0.25, 0.3) is 0 Å². The molecule has 0 spiro atoms. The van der Waals surface area contributed by atoms with Crippen LogP contribution in [-0.4, -0.2) is 31.7 Å². The fourth-order valence-corrected chi connectivity index (χ4v) is 2.84. The Kier molecular flexibility index (Phi) is 6.03. The molecule has 0 aromatic heterocycles. The molecule has 0 bridgehead atoms. The lowest BCUT2D eigenvalue weighted by molar-refractivity contribution is -0.126. The molecule has 1 amide bonds. The molecule has 1 radical (unpaired) electrons. The van der Waals surface area contributed by atoms with E-state index in [1.807, 2.05) is 0 Å². The minimum absolute atomic E-state index is 0.0414. The second kappa shape index (κ2) is 7.79. The molecule has 1 aliphatic rings. The van der Waals surface area contributed by atoms with E-state index in [0.717, 1.165) is 19.3 Å². The number of carbonyl (C=O) groups is 1. The van der Waals surface area contributed by atoms with E-state index in [2.05, 4.69) is 17.1 Å². The van der Waals surface area contributed by atoms with Gasteiger partial charge >= 0.3 is 0 Å². The Labute approximate surface area is 135 Å². The van der Waals surface area contributed by atoms with Crippen molar-refractivity contribution in [1.82, 2.24) is 5.32 Å². The Bertz CT molecular complexity index is 519. The average Bonchev–Trinajstić information content (AvgIpc) is 2.52. The number of hydrogen-bond acceptors (Lipinski definition) is 3. The molecule has 1 aliphatic carbocycles. The number of ether oxygens (including phenoxy) is 1. The number of amides is 1. The van der Waals surface area contributed by atoms with Crippen LogP contribution in [0.2, 0.25) is 5.02 Å². The predicted molar refractivity (Wildman–Crippen MR) is 85.4 cm³/mol. The fraction of sp³-hybridized carbons (Fsp3) is 0.500. The molecule has 1 saturated carbocycles. The van der Waals surface area contributed by atoms with Crippen LogP contribution in [0.1, 0.15) is 25.7 Å². The Morgan fingerprint density at radius 1 is 1.50 bits per heavy atom. The normalized spacial score (nSPS) is 17.0. The van der Waals surface area contributed by atoms with Gasteiger partial charge in [0.1, 0.15) is 11.4 Å². The highest BCUT2D eigenvalue weighted by molar-refractivity contribution is 6.31. The summed E-state index contributed by atoms with van der Waals surface area (Å²) in [5.41, 5.74) is -0.0729. The third-order valence-electron chi connectivity index (χ3n) is 3.83. The predicted octanol–water partition coefficient (Wildman–Crippen LogP) is 3.17. The lowest BCUT2D eigenvalue weighted by Gasteiger charge is -2.37. The van der Waals surface area contributed by atoms with E-state index in [1.54, 1.807) is 13.2 Å². The SMILES string of the molecule is COCCNC(=O)C1(Nc2ccc(F)c(Cl)c2)C[CH]CCC1. The van der Waals surface area contributed by atoms with Crippen molar-refractivity contribution in [1.29, 1.82) is 0 Å². The number of benzene rings is 1. The van der Waals surface area contributed by atoms with Gasteiger partial charge < -0.3 is 15.4 Å². The average molecular weight is 328 g/mol. The molecular formula is C16H21ClFN2O2. The van der Waals surface area contributed by atoms with E-state index in [4.69, 9.17) is 16.3 Å². The summed E-state index contributed by atoms with van der Waals surface area (Å²) in [6, 6.07) is 4.41. The molecular weight excluding hydrogens is 307 g/mol. The van der Waals surface area contributed by atoms with Gasteiger partial charge in [0, 0.05) is 19.3 Å². The molecule has 0 saturated heterocycles. The van der Waals surface area contributed by atoms with E-state index in [-0.39, 0.29) is 10.9 Å². The van der Waals surface area contributed by atoms with Crippen LogP contribution in [0.4, 0.5) is 10.1 Å². The highest BCUT2D eigenvalue weighted by atomic mass is 35.5. The van der Waals surface area contributed by atoms with Crippen molar-refractivity contribution in [2.45, 2.75) is 31.2 Å². The second-order valence-electron chi connectivity index (χ2n) is 5.47. The Morgan fingerprint density at radius 3 is 2.95 bits per heavy atom. The summed E-state index contributed by atoms with van der Waals surface area (Å²) in [6.07, 6.45) is 5.38. The molecule has 22 heavy (non-hydrogen) atoms. The Balaban J connectivity index is 2.13. The third kappa shape index (κ3) is 4.11. The van der Waals surface area contributed by atoms with Gasteiger partial charge in [-0.25, -0.2) is 4.39 Å². The van der Waals surface area contributed by atoms with Gasteiger partial charge in [-0.05, 0) is 43.9 Å². The van der Waals surface area contributed by atoms with Crippen LogP contribution in [0.15, 0.2) is 18.2 Å². The summed E-state index contributed by atoms with van der Waals surface area (Å²) in [7, 11) is 1.59. The first-order chi connectivity index (χ1) is 10.6. The van der Waals surface area contributed by atoms with Gasteiger partial charge in [0.2, 0.25) is 5.91 Å². The summed E-state index contributed by atoms with van der Waals surface area (Å²) in [5.74, 6) is -0.540. The summed E-state index contributed by atoms with van der Waals surface area (Å²) in [4.78, 5) is 12.6. The van der Waals surface area contributed by atoms with Crippen molar-refractivity contribution in [3.63, 3.8) is 0 Å². The minimum atomic E-state index is -0.715. The molecule has 4 nitrogen and oxygen atoms in total. The quantitative estimate of drug-likeness (QED) is 0.789. The van der Waals surface area contributed by atoms with Crippen molar-refractivity contribution in [2.24, 2.45) is 0 Å². The molecule has 1 aromatic carbocycles. The highest BCUT2D eigenvalue weighted by Crippen LogP contribution is 2.32. The molecule has 0 heterocycles.